The Bertz CT molecular complexity index is 510. The smallest absolute Gasteiger partial charge is 0.147 e. The molecule has 0 saturated carbocycles. The van der Waals surface area contributed by atoms with Gasteiger partial charge in [-0.1, -0.05) is 0 Å². The summed E-state index contributed by atoms with van der Waals surface area (Å²) in [4.78, 5) is 12.1. The van der Waals surface area contributed by atoms with Crippen LogP contribution in [0.15, 0.2) is 47.6 Å². The lowest BCUT2D eigenvalue weighted by atomic mass is 10.1. The fourth-order valence-corrected chi connectivity index (χ4v) is 2.39. The van der Waals surface area contributed by atoms with Crippen molar-refractivity contribution in [3.05, 3.63) is 54.1 Å². The van der Waals surface area contributed by atoms with Gasteiger partial charge in [0.25, 0.3) is 0 Å². The van der Waals surface area contributed by atoms with Gasteiger partial charge in [0.15, 0.2) is 0 Å². The highest BCUT2D eigenvalue weighted by Gasteiger charge is 2.16. The zero-order valence-corrected chi connectivity index (χ0v) is 10.2. The number of benzene rings is 1. The van der Waals surface area contributed by atoms with Crippen molar-refractivity contribution >= 4 is 18.0 Å². The zero-order chi connectivity index (χ0) is 12.3. The molecule has 0 N–H and O–H groups in total. The van der Waals surface area contributed by atoms with E-state index < -0.39 is 6.04 Å². The Morgan fingerprint density at radius 1 is 1.35 bits per heavy atom. The first-order chi connectivity index (χ1) is 8.26. The molecule has 1 unspecified atom stereocenters. The van der Waals surface area contributed by atoms with Gasteiger partial charge >= 0.3 is 0 Å². The Morgan fingerprint density at radius 3 is 2.65 bits per heavy atom. The molecule has 1 heterocycles. The quantitative estimate of drug-likeness (QED) is 0.613. The van der Waals surface area contributed by atoms with Crippen molar-refractivity contribution in [2.45, 2.75) is 10.9 Å². The maximum absolute atomic E-state index is 13.3. The topological polar surface area (TPSA) is 22.0 Å². The van der Waals surface area contributed by atoms with Gasteiger partial charge in [0.05, 0.1) is 0 Å². The minimum atomic E-state index is -0.469. The summed E-state index contributed by atoms with van der Waals surface area (Å²) in [6.07, 6.45) is 6.34. The molecule has 4 heteroatoms. The van der Waals surface area contributed by atoms with E-state index in [-0.39, 0.29) is 5.82 Å². The number of halogens is 1. The molecule has 2 nitrogen and oxygen atoms in total. The molecule has 2 aromatic rings. The number of thioether (sulfide) groups is 1. The summed E-state index contributed by atoms with van der Waals surface area (Å²) < 4.78 is 15.1. The predicted octanol–water partition coefficient (Wildman–Crippen LogP) is 3.14. The van der Waals surface area contributed by atoms with Gasteiger partial charge in [-0.2, -0.15) is 0 Å². The van der Waals surface area contributed by atoms with E-state index in [4.69, 9.17) is 0 Å². The normalized spacial score (nSPS) is 12.4. The van der Waals surface area contributed by atoms with E-state index in [1.807, 2.05) is 18.4 Å². The number of hydrogen-bond acceptors (Lipinski definition) is 2. The van der Waals surface area contributed by atoms with E-state index in [1.54, 1.807) is 23.0 Å². The molecule has 1 aromatic heterocycles. The number of hydrogen-bond donors (Lipinski definition) is 0. The fourth-order valence-electron chi connectivity index (χ4n) is 1.77. The minimum absolute atomic E-state index is 0.322. The SMILES string of the molecule is CSc1ccc(F)cc1C(C=O)n1cccc1. The largest absolute Gasteiger partial charge is 0.340 e. The van der Waals surface area contributed by atoms with Crippen LogP contribution >= 0.6 is 11.8 Å². The van der Waals surface area contributed by atoms with Crippen LogP contribution in [0.25, 0.3) is 0 Å². The zero-order valence-electron chi connectivity index (χ0n) is 9.34. The van der Waals surface area contributed by atoms with Crippen LogP contribution in [0.1, 0.15) is 11.6 Å². The Hall–Kier alpha value is -1.55. The van der Waals surface area contributed by atoms with Gasteiger partial charge in [-0.25, -0.2) is 4.39 Å². The molecule has 0 fully saturated rings. The van der Waals surface area contributed by atoms with Crippen LogP contribution in [0.5, 0.6) is 0 Å². The minimum Gasteiger partial charge on any atom is -0.340 e. The molecule has 0 aliphatic rings. The van der Waals surface area contributed by atoms with Crippen LogP contribution in [-0.2, 0) is 4.79 Å². The molecular formula is C13H12FNOS. The lowest BCUT2D eigenvalue weighted by molar-refractivity contribution is -0.109. The number of carbonyl (C=O) groups is 1. The van der Waals surface area contributed by atoms with Gasteiger partial charge in [-0.3, -0.25) is 0 Å². The molecule has 17 heavy (non-hydrogen) atoms. The molecule has 1 aromatic carbocycles. The average Bonchev–Trinajstić information content (AvgIpc) is 2.84. The third-order valence-electron chi connectivity index (χ3n) is 2.59. The van der Waals surface area contributed by atoms with Crippen molar-refractivity contribution < 1.29 is 9.18 Å². The fraction of sp³-hybridized carbons (Fsp3) is 0.154. The van der Waals surface area contributed by atoms with E-state index in [1.165, 1.54) is 23.9 Å². The monoisotopic (exact) mass is 249 g/mol. The third kappa shape index (κ3) is 2.42. The van der Waals surface area contributed by atoms with E-state index in [0.717, 1.165) is 11.2 Å². The summed E-state index contributed by atoms with van der Waals surface area (Å²) in [5.41, 5.74) is 0.698. The third-order valence-corrected chi connectivity index (χ3v) is 3.40. The first kappa shape index (κ1) is 11.9. The molecule has 0 radical (unpaired) electrons. The molecule has 0 saturated heterocycles. The predicted molar refractivity (Wildman–Crippen MR) is 66.8 cm³/mol. The van der Waals surface area contributed by atoms with Crippen LogP contribution in [0.2, 0.25) is 0 Å². The molecule has 1 atom stereocenters. The summed E-state index contributed by atoms with van der Waals surface area (Å²) in [6, 6.07) is 7.75. The first-order valence-electron chi connectivity index (χ1n) is 5.17. The first-order valence-corrected chi connectivity index (χ1v) is 6.40. The van der Waals surface area contributed by atoms with Crippen molar-refractivity contribution in [2.75, 3.05) is 6.26 Å². The van der Waals surface area contributed by atoms with Crippen molar-refractivity contribution in [1.82, 2.24) is 4.57 Å². The van der Waals surface area contributed by atoms with E-state index >= 15 is 0 Å². The molecule has 88 valence electrons. The van der Waals surface area contributed by atoms with Gasteiger partial charge in [-0.15, -0.1) is 11.8 Å². The van der Waals surface area contributed by atoms with E-state index in [2.05, 4.69) is 0 Å². The summed E-state index contributed by atoms with van der Waals surface area (Å²) in [5.74, 6) is -0.322. The average molecular weight is 249 g/mol. The second-order valence-electron chi connectivity index (χ2n) is 3.60. The molecule has 0 aliphatic heterocycles. The second kappa shape index (κ2) is 5.19. The van der Waals surface area contributed by atoms with Crippen molar-refractivity contribution in [3.63, 3.8) is 0 Å². The molecule has 0 bridgehead atoms. The Balaban J connectivity index is 2.50. The Morgan fingerprint density at radius 2 is 2.06 bits per heavy atom. The van der Waals surface area contributed by atoms with Gasteiger partial charge < -0.3 is 9.36 Å². The summed E-state index contributed by atoms with van der Waals surface area (Å²) in [5, 5.41) is 0. The van der Waals surface area contributed by atoms with Gasteiger partial charge in [0.1, 0.15) is 18.1 Å². The number of aromatic nitrogens is 1. The lowest BCUT2D eigenvalue weighted by Crippen LogP contribution is -2.11. The maximum Gasteiger partial charge on any atom is 0.147 e. The summed E-state index contributed by atoms with van der Waals surface area (Å²) >= 11 is 1.51. The molecule has 0 aliphatic carbocycles. The number of aldehydes is 1. The Kier molecular flexibility index (Phi) is 3.64. The van der Waals surface area contributed by atoms with Gasteiger partial charge in [-0.05, 0) is 42.2 Å². The highest BCUT2D eigenvalue weighted by molar-refractivity contribution is 7.98. The number of nitrogens with zero attached hydrogens (tertiary/aromatic N) is 1. The van der Waals surface area contributed by atoms with Gasteiger partial charge in [0.2, 0.25) is 0 Å². The summed E-state index contributed by atoms with van der Waals surface area (Å²) in [6.45, 7) is 0. The van der Waals surface area contributed by atoms with Gasteiger partial charge in [0, 0.05) is 17.3 Å². The summed E-state index contributed by atoms with van der Waals surface area (Å²) in [7, 11) is 0. The van der Waals surface area contributed by atoms with Crippen molar-refractivity contribution in [1.29, 1.82) is 0 Å². The number of rotatable bonds is 4. The van der Waals surface area contributed by atoms with Crippen molar-refractivity contribution in [3.8, 4) is 0 Å². The second-order valence-corrected chi connectivity index (χ2v) is 4.45. The van der Waals surface area contributed by atoms with E-state index in [0.29, 0.717) is 5.56 Å². The molecule has 0 amide bonds. The standard InChI is InChI=1S/C13H12FNOS/c1-17-13-5-4-10(14)8-11(13)12(9-16)15-6-2-3-7-15/h2-9,12H,1H3. The molecular weight excluding hydrogens is 237 g/mol. The van der Waals surface area contributed by atoms with E-state index in [9.17, 15) is 9.18 Å². The maximum atomic E-state index is 13.3. The highest BCUT2D eigenvalue weighted by Crippen LogP contribution is 2.28. The molecule has 0 spiro atoms. The highest BCUT2D eigenvalue weighted by atomic mass is 32.2. The van der Waals surface area contributed by atoms with Crippen LogP contribution in [0.3, 0.4) is 0 Å². The van der Waals surface area contributed by atoms with Crippen molar-refractivity contribution in [2.24, 2.45) is 0 Å². The Labute approximate surface area is 103 Å². The lowest BCUT2D eigenvalue weighted by Gasteiger charge is -2.16. The number of carbonyl (C=O) groups excluding carboxylic acids is 1. The van der Waals surface area contributed by atoms with Crippen LogP contribution in [0, 0.1) is 5.82 Å². The van der Waals surface area contributed by atoms with Crippen LogP contribution in [-0.4, -0.2) is 17.1 Å². The van der Waals surface area contributed by atoms with Crippen LogP contribution in [0.4, 0.5) is 4.39 Å². The molecule has 2 rings (SSSR count). The van der Waals surface area contributed by atoms with Crippen LogP contribution < -0.4 is 0 Å².